The van der Waals surface area contributed by atoms with Crippen LogP contribution in [0.1, 0.15) is 0 Å². The summed E-state index contributed by atoms with van der Waals surface area (Å²) in [6, 6.07) is 65.0. The van der Waals surface area contributed by atoms with Crippen molar-refractivity contribution in [1.29, 1.82) is 0 Å². The number of anilines is 3. The maximum atomic E-state index is 5.12. The van der Waals surface area contributed by atoms with Crippen LogP contribution >= 0.6 is 0 Å². The number of aromatic nitrogens is 3. The minimum absolute atomic E-state index is 0.818. The van der Waals surface area contributed by atoms with Gasteiger partial charge in [-0.15, -0.1) is 0 Å². The summed E-state index contributed by atoms with van der Waals surface area (Å²) in [7, 11) is 0. The highest BCUT2D eigenvalue weighted by atomic mass is 15.2. The molecule has 0 spiro atoms. The van der Waals surface area contributed by atoms with Gasteiger partial charge in [-0.05, 0) is 70.1 Å². The van der Waals surface area contributed by atoms with Crippen molar-refractivity contribution in [1.82, 2.24) is 14.5 Å². The van der Waals surface area contributed by atoms with Gasteiger partial charge in [0.2, 0.25) is 0 Å². The Morgan fingerprint density at radius 2 is 0.741 bits per heavy atom. The third-order valence-electron chi connectivity index (χ3n) is 10.8. The molecule has 0 amide bonds. The lowest BCUT2D eigenvalue weighted by Gasteiger charge is -2.30. The van der Waals surface area contributed by atoms with Gasteiger partial charge >= 0.3 is 0 Å². The van der Waals surface area contributed by atoms with Gasteiger partial charge in [0.25, 0.3) is 0 Å². The second-order valence-corrected chi connectivity index (χ2v) is 13.8. The molecule has 0 saturated heterocycles. The molecule has 0 unspecified atom stereocenters. The highest BCUT2D eigenvalue weighted by Gasteiger charge is 2.23. The highest BCUT2D eigenvalue weighted by Crippen LogP contribution is 2.48. The summed E-state index contributed by atoms with van der Waals surface area (Å²) in [5.41, 5.74) is 8.23. The van der Waals surface area contributed by atoms with Gasteiger partial charge in [0.1, 0.15) is 0 Å². The summed E-state index contributed by atoms with van der Waals surface area (Å²) in [5, 5.41) is 12.0. The quantitative estimate of drug-likeness (QED) is 0.169. The van der Waals surface area contributed by atoms with E-state index in [1.165, 1.54) is 53.9 Å². The van der Waals surface area contributed by atoms with Crippen LogP contribution in [0.25, 0.3) is 82.0 Å². The van der Waals surface area contributed by atoms with E-state index in [1.807, 2.05) is 12.4 Å². The second-order valence-electron chi connectivity index (χ2n) is 13.8. The first-order valence-electron chi connectivity index (χ1n) is 18.3. The van der Waals surface area contributed by atoms with Crippen molar-refractivity contribution < 1.29 is 0 Å². The third kappa shape index (κ3) is 4.70. The van der Waals surface area contributed by atoms with Gasteiger partial charge in [-0.3, -0.25) is 9.97 Å². The first-order valence-corrected chi connectivity index (χ1v) is 18.3. The van der Waals surface area contributed by atoms with Crippen molar-refractivity contribution in [3.8, 4) is 17.1 Å². The molecule has 8 aromatic carbocycles. The summed E-state index contributed by atoms with van der Waals surface area (Å²) in [4.78, 5) is 12.5. The fraction of sp³-hybridized carbons (Fsp3) is 0. The average molecular weight is 689 g/mol. The van der Waals surface area contributed by atoms with Gasteiger partial charge in [-0.25, -0.2) is 0 Å². The van der Waals surface area contributed by atoms with Crippen molar-refractivity contribution in [3.05, 3.63) is 194 Å². The Kier molecular flexibility index (Phi) is 6.82. The van der Waals surface area contributed by atoms with Crippen LogP contribution in [0.15, 0.2) is 194 Å². The van der Waals surface area contributed by atoms with Crippen molar-refractivity contribution in [2.45, 2.75) is 0 Å². The van der Waals surface area contributed by atoms with Crippen LogP contribution in [-0.4, -0.2) is 14.5 Å². The fourth-order valence-electron chi connectivity index (χ4n) is 8.37. The molecule has 0 aliphatic carbocycles. The Bertz CT molecular complexity index is 2930. The molecule has 0 atom stereocenters. The molecule has 0 aliphatic rings. The number of pyridine rings is 2. The number of nitrogens with zero attached hydrogens (tertiary/aromatic N) is 4. The number of rotatable bonds is 5. The molecule has 0 aliphatic heterocycles. The molecule has 11 aromatic rings. The van der Waals surface area contributed by atoms with Crippen LogP contribution in [0.2, 0.25) is 0 Å². The SMILES string of the molecule is c1ccc2c(N(c3ccc(-c4ccc(-n5c6ccccc6c6ccccc65)cn4)nc3)c3c4ccccc4cc4ccccc34)c3ccccc3cc2c1. The van der Waals surface area contributed by atoms with Crippen molar-refractivity contribution in [3.63, 3.8) is 0 Å². The molecular formula is C50H32N4. The molecule has 252 valence electrons. The predicted molar refractivity (Wildman–Crippen MR) is 227 cm³/mol. The number of benzene rings is 8. The van der Waals surface area contributed by atoms with Crippen LogP contribution in [0, 0.1) is 0 Å². The summed E-state index contributed by atoms with van der Waals surface area (Å²) in [5.74, 6) is 0. The monoisotopic (exact) mass is 688 g/mol. The largest absolute Gasteiger partial charge is 0.308 e. The van der Waals surface area contributed by atoms with E-state index < -0.39 is 0 Å². The number of hydrogen-bond acceptors (Lipinski definition) is 3. The molecule has 3 aromatic heterocycles. The molecular weight excluding hydrogens is 657 g/mol. The summed E-state index contributed by atoms with van der Waals surface area (Å²) in [6.07, 6.45) is 3.96. The smallest absolute Gasteiger partial charge is 0.0887 e. The average Bonchev–Trinajstić information content (AvgIpc) is 3.58. The fourth-order valence-corrected chi connectivity index (χ4v) is 8.37. The summed E-state index contributed by atoms with van der Waals surface area (Å²) in [6.45, 7) is 0. The molecule has 54 heavy (non-hydrogen) atoms. The summed E-state index contributed by atoms with van der Waals surface area (Å²) >= 11 is 0. The topological polar surface area (TPSA) is 34.0 Å². The number of fused-ring (bicyclic) bond motifs is 7. The van der Waals surface area contributed by atoms with Gasteiger partial charge < -0.3 is 9.47 Å². The maximum absolute atomic E-state index is 5.12. The Morgan fingerprint density at radius 3 is 1.15 bits per heavy atom. The number of hydrogen-bond donors (Lipinski definition) is 0. The zero-order valence-electron chi connectivity index (χ0n) is 29.3. The van der Waals surface area contributed by atoms with E-state index in [0.717, 1.165) is 45.2 Å². The van der Waals surface area contributed by atoms with Gasteiger partial charge in [-0.1, -0.05) is 133 Å². The van der Waals surface area contributed by atoms with E-state index >= 15 is 0 Å². The highest BCUT2D eigenvalue weighted by molar-refractivity contribution is 6.20. The first-order chi connectivity index (χ1) is 26.8. The van der Waals surface area contributed by atoms with Crippen molar-refractivity contribution >= 4 is 82.0 Å². The molecule has 4 nitrogen and oxygen atoms in total. The first kappa shape index (κ1) is 30.3. The van der Waals surface area contributed by atoms with Crippen LogP contribution in [0.5, 0.6) is 0 Å². The Balaban J connectivity index is 1.10. The predicted octanol–water partition coefficient (Wildman–Crippen LogP) is 13.3. The normalized spacial score (nSPS) is 11.7. The lowest BCUT2D eigenvalue weighted by Crippen LogP contribution is -2.13. The molecule has 0 N–H and O–H groups in total. The second kappa shape index (κ2) is 12.1. The zero-order chi connectivity index (χ0) is 35.6. The van der Waals surface area contributed by atoms with E-state index in [9.17, 15) is 0 Å². The van der Waals surface area contributed by atoms with Gasteiger partial charge in [-0.2, -0.15) is 0 Å². The molecule has 3 heterocycles. The van der Waals surface area contributed by atoms with Crippen LogP contribution < -0.4 is 4.90 Å². The van der Waals surface area contributed by atoms with Crippen molar-refractivity contribution in [2.24, 2.45) is 0 Å². The van der Waals surface area contributed by atoms with Crippen LogP contribution in [0.3, 0.4) is 0 Å². The lowest BCUT2D eigenvalue weighted by atomic mass is 9.96. The number of para-hydroxylation sites is 2. The Morgan fingerprint density at radius 1 is 0.352 bits per heavy atom. The van der Waals surface area contributed by atoms with Gasteiger partial charge in [0, 0.05) is 32.3 Å². The minimum Gasteiger partial charge on any atom is -0.308 e. The van der Waals surface area contributed by atoms with E-state index in [1.54, 1.807) is 0 Å². The standard InChI is InChI=1S/C50H32N4/c1-5-17-39-33(13-1)29-34-14-2-6-18-40(34)49(39)54(50-41-19-7-3-15-35(41)30-36-16-4-8-20-42(36)50)38-26-28-46(52-32-38)45-27-25-37(31-51-45)53-47-23-11-9-21-43(47)44-22-10-12-24-48(44)53/h1-32H. The Hall–Kier alpha value is -7.30. The zero-order valence-corrected chi connectivity index (χ0v) is 29.3. The third-order valence-corrected chi connectivity index (χ3v) is 10.8. The van der Waals surface area contributed by atoms with Gasteiger partial charge in [0.05, 0.1) is 57.6 Å². The van der Waals surface area contributed by atoms with E-state index in [-0.39, 0.29) is 0 Å². The Labute approximate surface area is 311 Å². The van der Waals surface area contributed by atoms with E-state index in [0.29, 0.717) is 0 Å². The maximum Gasteiger partial charge on any atom is 0.0887 e. The summed E-state index contributed by atoms with van der Waals surface area (Å²) < 4.78 is 2.29. The molecule has 0 fully saturated rings. The van der Waals surface area contributed by atoms with Crippen LogP contribution in [-0.2, 0) is 0 Å². The molecule has 11 rings (SSSR count). The molecule has 0 saturated carbocycles. The molecule has 0 radical (unpaired) electrons. The van der Waals surface area contributed by atoms with E-state index in [2.05, 4.69) is 191 Å². The lowest BCUT2D eigenvalue weighted by molar-refractivity contribution is 1.13. The van der Waals surface area contributed by atoms with Crippen LogP contribution in [0.4, 0.5) is 17.1 Å². The molecule has 4 heteroatoms. The van der Waals surface area contributed by atoms with Crippen molar-refractivity contribution in [2.75, 3.05) is 4.90 Å². The molecule has 0 bridgehead atoms. The van der Waals surface area contributed by atoms with Gasteiger partial charge in [0.15, 0.2) is 0 Å². The minimum atomic E-state index is 0.818. The van der Waals surface area contributed by atoms with E-state index in [4.69, 9.17) is 9.97 Å².